The Morgan fingerprint density at radius 1 is 1.44 bits per heavy atom. The van der Waals surface area contributed by atoms with Crippen LogP contribution >= 0.6 is 0 Å². The molecule has 174 valence electrons. The normalized spacial score (nSPS) is 20.9. The summed E-state index contributed by atoms with van der Waals surface area (Å²) in [7, 11) is 5.52. The zero-order chi connectivity index (χ0) is 23.3. The molecule has 0 aromatic heterocycles. The molecule has 1 aromatic rings. The lowest BCUT2D eigenvalue weighted by Crippen LogP contribution is -2.54. The van der Waals surface area contributed by atoms with Gasteiger partial charge in [-0.15, -0.1) is 0 Å². The molecule has 2 aliphatic rings. The second-order valence-corrected chi connectivity index (χ2v) is 8.71. The number of methoxy groups -OCH3 is 1. The Morgan fingerprint density at radius 2 is 2.22 bits per heavy atom. The first kappa shape index (κ1) is 24.0. The highest BCUT2D eigenvalue weighted by Crippen LogP contribution is 2.30. The zero-order valence-corrected chi connectivity index (χ0v) is 19.9. The fourth-order valence-electron chi connectivity index (χ4n) is 3.99. The molecule has 6 nitrogen and oxygen atoms in total. The topological polar surface area (TPSA) is 43.3 Å². The van der Waals surface area contributed by atoms with Gasteiger partial charge in [-0.2, -0.15) is 0 Å². The van der Waals surface area contributed by atoms with Gasteiger partial charge in [0, 0.05) is 70.2 Å². The Labute approximate surface area is 191 Å². The van der Waals surface area contributed by atoms with E-state index in [4.69, 9.17) is 9.73 Å². The molecule has 1 aromatic carbocycles. The Kier molecular flexibility index (Phi) is 8.10. The number of nitrogens with zero attached hydrogens (tertiary/aromatic N) is 4. The van der Waals surface area contributed by atoms with Crippen LogP contribution < -0.4 is 10.1 Å². The van der Waals surface area contributed by atoms with E-state index >= 15 is 0 Å². The van der Waals surface area contributed by atoms with Gasteiger partial charge >= 0.3 is 0 Å². The average Bonchev–Trinajstić information content (AvgIpc) is 2.80. The molecule has 1 fully saturated rings. The minimum atomic E-state index is -0.334. The number of benzene rings is 1. The van der Waals surface area contributed by atoms with E-state index in [2.05, 4.69) is 35.5 Å². The molecule has 0 bridgehead atoms. The van der Waals surface area contributed by atoms with Gasteiger partial charge in [0.15, 0.2) is 0 Å². The van der Waals surface area contributed by atoms with E-state index in [1.54, 1.807) is 25.3 Å². The summed E-state index contributed by atoms with van der Waals surface area (Å²) in [6.07, 6.45) is 5.59. The molecular formula is C25H36FN5O. The van der Waals surface area contributed by atoms with Crippen molar-refractivity contribution in [2.24, 2.45) is 10.9 Å². The summed E-state index contributed by atoms with van der Waals surface area (Å²) in [4.78, 5) is 11.4. The smallest absolute Gasteiger partial charge is 0.142 e. The Bertz CT molecular complexity index is 908. The first-order valence-electron chi connectivity index (χ1n) is 11.2. The third kappa shape index (κ3) is 5.58. The van der Waals surface area contributed by atoms with Crippen LogP contribution in [0.3, 0.4) is 0 Å². The molecule has 0 amide bonds. The molecule has 0 spiro atoms. The van der Waals surface area contributed by atoms with Gasteiger partial charge < -0.3 is 19.9 Å². The van der Waals surface area contributed by atoms with Crippen molar-refractivity contribution in [3.63, 3.8) is 0 Å². The Morgan fingerprint density at radius 3 is 2.91 bits per heavy atom. The number of likely N-dealkylation sites (N-methyl/N-ethyl adjacent to an activating group) is 1. The van der Waals surface area contributed by atoms with E-state index in [1.165, 1.54) is 6.07 Å². The summed E-state index contributed by atoms with van der Waals surface area (Å²) < 4.78 is 19.9. The number of hydrogen-bond acceptors (Lipinski definition) is 6. The molecule has 1 N–H and O–H groups in total. The van der Waals surface area contributed by atoms with Crippen LogP contribution in [0.4, 0.5) is 4.39 Å². The van der Waals surface area contributed by atoms with Crippen LogP contribution in [0.25, 0.3) is 5.57 Å². The van der Waals surface area contributed by atoms with Crippen molar-refractivity contribution in [3.8, 4) is 5.75 Å². The van der Waals surface area contributed by atoms with Gasteiger partial charge in [-0.05, 0) is 30.2 Å². The number of hydrogen-bond donors (Lipinski definition) is 1. The number of rotatable bonds is 7. The predicted octanol–water partition coefficient (Wildman–Crippen LogP) is 3.41. The first-order valence-corrected chi connectivity index (χ1v) is 11.2. The molecule has 2 heterocycles. The van der Waals surface area contributed by atoms with Crippen LogP contribution in [0.1, 0.15) is 19.4 Å². The van der Waals surface area contributed by atoms with Crippen molar-refractivity contribution in [1.82, 2.24) is 20.0 Å². The molecule has 0 aliphatic carbocycles. The fourth-order valence-corrected chi connectivity index (χ4v) is 3.99. The summed E-state index contributed by atoms with van der Waals surface area (Å²) in [5.41, 5.74) is 1.05. The molecular weight excluding hydrogens is 405 g/mol. The maximum atomic E-state index is 14.7. The molecule has 1 unspecified atom stereocenters. The van der Waals surface area contributed by atoms with Gasteiger partial charge in [0.05, 0.1) is 7.11 Å². The zero-order valence-electron chi connectivity index (χ0n) is 19.9. The molecule has 0 saturated carbocycles. The molecule has 32 heavy (non-hydrogen) atoms. The summed E-state index contributed by atoms with van der Waals surface area (Å²) >= 11 is 0. The minimum Gasteiger partial charge on any atom is -0.497 e. The lowest BCUT2D eigenvalue weighted by molar-refractivity contribution is 0.168. The number of piperazine rings is 1. The number of amidine groups is 1. The number of allylic oxidation sites excluding steroid dienone is 2. The van der Waals surface area contributed by atoms with E-state index in [1.807, 2.05) is 31.3 Å². The number of halogens is 1. The minimum absolute atomic E-state index is 0.334. The fraction of sp³-hybridized carbons (Fsp3) is 0.480. The van der Waals surface area contributed by atoms with Gasteiger partial charge in [0.25, 0.3) is 0 Å². The van der Waals surface area contributed by atoms with Crippen LogP contribution in [-0.4, -0.2) is 80.5 Å². The molecule has 1 atom stereocenters. The molecule has 1 saturated heterocycles. The third-order valence-corrected chi connectivity index (χ3v) is 6.15. The lowest BCUT2D eigenvalue weighted by Gasteiger charge is -2.36. The van der Waals surface area contributed by atoms with Crippen molar-refractivity contribution >= 4 is 11.4 Å². The summed E-state index contributed by atoms with van der Waals surface area (Å²) in [5.74, 6) is 2.38. The van der Waals surface area contributed by atoms with Crippen molar-refractivity contribution in [1.29, 1.82) is 0 Å². The van der Waals surface area contributed by atoms with Gasteiger partial charge in [0.2, 0.25) is 0 Å². The van der Waals surface area contributed by atoms with E-state index < -0.39 is 0 Å². The molecule has 7 heteroatoms. The summed E-state index contributed by atoms with van der Waals surface area (Å²) in [6, 6.07) is 5.24. The SMILES string of the molecule is C=C/C(=C1/N=C(N(C)CCN2CCNC(C(C)C)C2)C=CN1C)c1cc(OC)ccc1F. The highest BCUT2D eigenvalue weighted by molar-refractivity contribution is 5.95. The van der Waals surface area contributed by atoms with Crippen LogP contribution in [0.2, 0.25) is 0 Å². The number of ether oxygens (including phenoxy) is 1. The number of nitrogens with one attached hydrogen (secondary N) is 1. The van der Waals surface area contributed by atoms with Crippen molar-refractivity contribution in [2.75, 3.05) is 53.9 Å². The van der Waals surface area contributed by atoms with Crippen LogP contribution in [0.5, 0.6) is 5.75 Å². The molecule has 2 aliphatic heterocycles. The number of aliphatic imine (C=N–C) groups is 1. The standard InChI is InChI=1S/C25H36FN5O/c1-7-20(21-16-19(32-6)8-9-22(21)26)25-28-24(10-12-30(25)5)29(4)14-15-31-13-11-27-23(17-31)18(2)3/h7-10,12,16,18,23,27H,1,11,13-15,17H2,2-6H3/b25-20+. The van der Waals surface area contributed by atoms with E-state index in [9.17, 15) is 4.39 Å². The van der Waals surface area contributed by atoms with Gasteiger partial charge in [-0.1, -0.05) is 26.5 Å². The molecule has 3 rings (SSSR count). The van der Waals surface area contributed by atoms with Gasteiger partial charge in [0.1, 0.15) is 23.2 Å². The maximum Gasteiger partial charge on any atom is 0.142 e. The second-order valence-electron chi connectivity index (χ2n) is 8.71. The quantitative estimate of drug-likeness (QED) is 0.703. The Hall–Kier alpha value is -2.64. The van der Waals surface area contributed by atoms with Crippen LogP contribution in [0, 0.1) is 11.7 Å². The van der Waals surface area contributed by atoms with E-state index in [-0.39, 0.29) is 5.82 Å². The van der Waals surface area contributed by atoms with Crippen molar-refractivity contribution in [3.05, 3.63) is 60.3 Å². The third-order valence-electron chi connectivity index (χ3n) is 6.15. The highest BCUT2D eigenvalue weighted by Gasteiger charge is 2.23. The Balaban J connectivity index is 1.79. The van der Waals surface area contributed by atoms with Crippen molar-refractivity contribution < 1.29 is 9.13 Å². The van der Waals surface area contributed by atoms with E-state index in [0.29, 0.717) is 34.7 Å². The van der Waals surface area contributed by atoms with Gasteiger partial charge in [-0.25, -0.2) is 9.38 Å². The highest BCUT2D eigenvalue weighted by atomic mass is 19.1. The monoisotopic (exact) mass is 441 g/mol. The maximum absolute atomic E-state index is 14.7. The summed E-state index contributed by atoms with van der Waals surface area (Å²) in [5, 5.41) is 3.61. The first-order chi connectivity index (χ1) is 15.3. The largest absolute Gasteiger partial charge is 0.497 e. The van der Waals surface area contributed by atoms with Crippen LogP contribution in [0.15, 0.2) is 53.9 Å². The lowest BCUT2D eigenvalue weighted by atomic mass is 10.0. The van der Waals surface area contributed by atoms with Crippen LogP contribution in [-0.2, 0) is 0 Å². The van der Waals surface area contributed by atoms with Crippen molar-refractivity contribution in [2.45, 2.75) is 19.9 Å². The van der Waals surface area contributed by atoms with Gasteiger partial charge in [-0.3, -0.25) is 4.90 Å². The molecule has 0 radical (unpaired) electrons. The second kappa shape index (κ2) is 10.8. The van der Waals surface area contributed by atoms with E-state index in [0.717, 1.165) is 38.6 Å². The predicted molar refractivity (Wildman–Crippen MR) is 130 cm³/mol. The average molecular weight is 442 g/mol. The summed E-state index contributed by atoms with van der Waals surface area (Å²) in [6.45, 7) is 13.4.